The zero-order valence-electron chi connectivity index (χ0n) is 20.1. The normalized spacial score (nSPS) is 23.0. The van der Waals surface area contributed by atoms with Crippen LogP contribution in [-0.4, -0.2) is 64.9 Å². The van der Waals surface area contributed by atoms with E-state index in [1.54, 1.807) is 6.07 Å². The van der Waals surface area contributed by atoms with Crippen LogP contribution in [0.15, 0.2) is 23.5 Å². The van der Waals surface area contributed by atoms with Gasteiger partial charge >= 0.3 is 11.9 Å². The number of aryl methyl sites for hydroxylation is 1. The molecule has 0 aromatic heterocycles. The Balaban J connectivity index is 1.35. The van der Waals surface area contributed by atoms with Gasteiger partial charge in [-0.3, -0.25) is 9.59 Å². The van der Waals surface area contributed by atoms with Crippen LogP contribution in [0.5, 0.6) is 28.7 Å². The van der Waals surface area contributed by atoms with Gasteiger partial charge in [-0.2, -0.15) is 0 Å². The van der Waals surface area contributed by atoms with Gasteiger partial charge in [0.25, 0.3) is 5.79 Å². The number of aromatic hydroxyl groups is 3. The Morgan fingerprint density at radius 3 is 2.45 bits per heavy atom. The van der Waals surface area contributed by atoms with Gasteiger partial charge in [-0.1, -0.05) is 6.07 Å². The fourth-order valence-corrected chi connectivity index (χ4v) is 5.41. The van der Waals surface area contributed by atoms with Crippen molar-refractivity contribution in [1.82, 2.24) is 0 Å². The van der Waals surface area contributed by atoms with Gasteiger partial charge in [-0.25, -0.2) is 9.59 Å². The van der Waals surface area contributed by atoms with Gasteiger partial charge in [-0.15, -0.1) is 0 Å². The zero-order chi connectivity index (χ0) is 27.1. The van der Waals surface area contributed by atoms with Crippen LogP contribution in [0.2, 0.25) is 0 Å². The topological polar surface area (TPSA) is 175 Å². The molecule has 12 heteroatoms. The van der Waals surface area contributed by atoms with E-state index in [-0.39, 0.29) is 59.6 Å². The largest absolute Gasteiger partial charge is 0.507 e. The highest BCUT2D eigenvalue weighted by atomic mass is 16.7. The average molecular weight is 524 g/mol. The first kappa shape index (κ1) is 23.6. The number of carbonyl (C=O) groups excluding carboxylic acids is 4. The van der Waals surface area contributed by atoms with Crippen molar-refractivity contribution in [1.29, 1.82) is 0 Å². The number of hydrogen-bond acceptors (Lipinski definition) is 12. The summed E-state index contributed by atoms with van der Waals surface area (Å²) in [7, 11) is 2.40. The third-order valence-electron chi connectivity index (χ3n) is 7.21. The minimum atomic E-state index is -1.57. The molecule has 1 spiro atoms. The lowest BCUT2D eigenvalue weighted by Crippen LogP contribution is -2.40. The van der Waals surface area contributed by atoms with Gasteiger partial charge in [0.15, 0.2) is 34.5 Å². The first-order chi connectivity index (χ1) is 18.1. The Morgan fingerprint density at radius 1 is 0.974 bits per heavy atom. The van der Waals surface area contributed by atoms with Crippen LogP contribution in [0, 0.1) is 0 Å². The maximum atomic E-state index is 13.3. The van der Waals surface area contributed by atoms with Crippen LogP contribution < -0.4 is 9.47 Å². The van der Waals surface area contributed by atoms with E-state index in [2.05, 4.69) is 4.74 Å². The number of hydrogen-bond donors (Lipinski definition) is 3. The predicted molar refractivity (Wildman–Crippen MR) is 122 cm³/mol. The summed E-state index contributed by atoms with van der Waals surface area (Å²) in [5.74, 6) is -7.06. The minimum absolute atomic E-state index is 0.00376. The number of Topliss-reactive ketones (excluding diaryl/α,β-unsaturated/α-hetero) is 2. The standard InChI is InChI=1S/C26H20O12/c1-34-13-7-12(27)16-17(19(13)29)21(31)23-11(18(16)28)8-26(38-23)4-3-9-5-10-6-14(24(32)35-2)36-25(33)15(10)20(30)22(9)37-26/h5,7,14,27,29-30H,3-4,6,8H2,1-2H3. The summed E-state index contributed by atoms with van der Waals surface area (Å²) in [6.07, 6.45) is -0.900. The lowest BCUT2D eigenvalue weighted by Gasteiger charge is -2.36. The van der Waals surface area contributed by atoms with Crippen molar-refractivity contribution in [2.24, 2.45) is 0 Å². The number of rotatable bonds is 2. The summed E-state index contributed by atoms with van der Waals surface area (Å²) in [4.78, 5) is 51.1. The van der Waals surface area contributed by atoms with Crippen molar-refractivity contribution in [2.45, 2.75) is 37.6 Å². The number of methoxy groups -OCH3 is 2. The molecule has 196 valence electrons. The Bertz CT molecular complexity index is 1530. The Morgan fingerprint density at radius 2 is 1.74 bits per heavy atom. The molecule has 2 unspecified atom stereocenters. The minimum Gasteiger partial charge on any atom is -0.507 e. The smallest absolute Gasteiger partial charge is 0.347 e. The second-order valence-electron chi connectivity index (χ2n) is 9.32. The lowest BCUT2D eigenvalue weighted by molar-refractivity contribution is -0.151. The molecule has 2 aromatic rings. The van der Waals surface area contributed by atoms with E-state index in [1.165, 1.54) is 14.2 Å². The molecule has 3 N–H and O–H groups in total. The molecule has 38 heavy (non-hydrogen) atoms. The summed E-state index contributed by atoms with van der Waals surface area (Å²) in [6, 6.07) is 2.67. The van der Waals surface area contributed by atoms with E-state index in [1.807, 2.05) is 0 Å². The molecular formula is C26H20O12. The summed E-state index contributed by atoms with van der Waals surface area (Å²) in [5, 5.41) is 31.9. The molecule has 0 saturated carbocycles. The second-order valence-corrected chi connectivity index (χ2v) is 9.32. The maximum absolute atomic E-state index is 13.3. The van der Waals surface area contributed by atoms with Crippen molar-refractivity contribution >= 4 is 23.5 Å². The van der Waals surface area contributed by atoms with E-state index >= 15 is 0 Å². The second kappa shape index (κ2) is 7.88. The van der Waals surface area contributed by atoms with Gasteiger partial charge < -0.3 is 39.0 Å². The molecule has 4 aliphatic rings. The third-order valence-corrected chi connectivity index (χ3v) is 7.21. The van der Waals surface area contributed by atoms with Gasteiger partial charge in [-0.05, 0) is 17.5 Å². The number of fused-ring (bicyclic) bond motifs is 3. The molecule has 0 saturated heterocycles. The third kappa shape index (κ3) is 3.09. The zero-order valence-corrected chi connectivity index (χ0v) is 20.1. The highest BCUT2D eigenvalue weighted by Crippen LogP contribution is 2.53. The number of cyclic esters (lactones) is 1. The van der Waals surface area contributed by atoms with E-state index in [0.717, 1.165) is 6.07 Å². The number of phenols is 3. The van der Waals surface area contributed by atoms with Gasteiger partial charge in [0.2, 0.25) is 11.9 Å². The SMILES string of the molecule is COC(=O)C1Cc2cc3c(c(O)c2C(=O)O1)OC1(CC3)CC2=C(O1)C(=O)c1c(O)c(OC)cc(O)c1C2=O. The van der Waals surface area contributed by atoms with Crippen molar-refractivity contribution < 1.29 is 58.2 Å². The van der Waals surface area contributed by atoms with Crippen LogP contribution in [0.3, 0.4) is 0 Å². The lowest BCUT2D eigenvalue weighted by atomic mass is 9.84. The number of carbonyl (C=O) groups is 4. The quantitative estimate of drug-likeness (QED) is 0.385. The van der Waals surface area contributed by atoms with Crippen molar-refractivity contribution in [3.63, 3.8) is 0 Å². The highest BCUT2D eigenvalue weighted by molar-refractivity contribution is 6.28. The molecule has 1 aliphatic carbocycles. The first-order valence-corrected chi connectivity index (χ1v) is 11.6. The number of ether oxygens (including phenoxy) is 5. The van der Waals surface area contributed by atoms with E-state index in [0.29, 0.717) is 11.1 Å². The van der Waals surface area contributed by atoms with Crippen LogP contribution >= 0.6 is 0 Å². The number of ketones is 2. The van der Waals surface area contributed by atoms with E-state index in [4.69, 9.17) is 18.9 Å². The molecule has 0 fully saturated rings. The number of benzene rings is 2. The first-order valence-electron chi connectivity index (χ1n) is 11.6. The van der Waals surface area contributed by atoms with Crippen LogP contribution in [-0.2, 0) is 31.8 Å². The highest BCUT2D eigenvalue weighted by Gasteiger charge is 2.53. The number of phenolic OH excluding ortho intramolecular Hbond substituents is 3. The summed E-state index contributed by atoms with van der Waals surface area (Å²) < 4.78 is 26.7. The van der Waals surface area contributed by atoms with Crippen LogP contribution in [0.1, 0.15) is 55.0 Å². The fraction of sp³-hybridized carbons (Fsp3) is 0.308. The average Bonchev–Trinajstić information content (AvgIpc) is 3.27. The van der Waals surface area contributed by atoms with Crippen molar-refractivity contribution in [3.05, 3.63) is 51.3 Å². The maximum Gasteiger partial charge on any atom is 0.347 e. The molecule has 0 radical (unpaired) electrons. The molecule has 2 atom stereocenters. The molecule has 12 nitrogen and oxygen atoms in total. The number of allylic oxidation sites excluding steroid dienone is 1. The van der Waals surface area contributed by atoms with Crippen molar-refractivity contribution in [2.75, 3.05) is 14.2 Å². The molecule has 0 amide bonds. The molecule has 3 heterocycles. The molecule has 0 bridgehead atoms. The summed E-state index contributed by atoms with van der Waals surface area (Å²) >= 11 is 0. The molecule has 6 rings (SSSR count). The Labute approximate surface area is 213 Å². The van der Waals surface area contributed by atoms with Gasteiger partial charge in [0.1, 0.15) is 11.3 Å². The van der Waals surface area contributed by atoms with Crippen LogP contribution in [0.25, 0.3) is 0 Å². The summed E-state index contributed by atoms with van der Waals surface area (Å²) in [6.45, 7) is 0. The van der Waals surface area contributed by atoms with Gasteiger partial charge in [0.05, 0.1) is 37.3 Å². The van der Waals surface area contributed by atoms with E-state index < -0.39 is 58.2 Å². The monoisotopic (exact) mass is 524 g/mol. The fourth-order valence-electron chi connectivity index (χ4n) is 5.41. The van der Waals surface area contributed by atoms with E-state index in [9.17, 15) is 34.5 Å². The molecule has 2 aromatic carbocycles. The van der Waals surface area contributed by atoms with Crippen molar-refractivity contribution in [3.8, 4) is 28.7 Å². The Kier molecular flexibility index (Phi) is 4.90. The molecular weight excluding hydrogens is 504 g/mol. The summed E-state index contributed by atoms with van der Waals surface area (Å²) in [5.41, 5.74) is -0.123. The number of esters is 2. The molecule has 3 aliphatic heterocycles. The van der Waals surface area contributed by atoms with Crippen LogP contribution in [0.4, 0.5) is 0 Å². The Hall–Kier alpha value is -4.74. The van der Waals surface area contributed by atoms with Gasteiger partial charge in [0, 0.05) is 18.9 Å². The predicted octanol–water partition coefficient (Wildman–Crippen LogP) is 1.84.